The monoisotopic (exact) mass is 151 g/mol. The van der Waals surface area contributed by atoms with Gasteiger partial charge in [-0.2, -0.15) is 5.26 Å². The lowest BCUT2D eigenvalue weighted by Gasteiger charge is -2.30. The van der Waals surface area contributed by atoms with E-state index in [0.717, 1.165) is 0 Å². The van der Waals surface area contributed by atoms with E-state index in [-0.39, 0.29) is 5.41 Å². The summed E-state index contributed by atoms with van der Waals surface area (Å²) in [5, 5.41) is 9.00. The summed E-state index contributed by atoms with van der Waals surface area (Å²) in [5.41, 5.74) is -0.347. The maximum Gasteiger partial charge on any atom is 0.0796 e. The van der Waals surface area contributed by atoms with Gasteiger partial charge in [-0.05, 0) is 11.8 Å². The quantitative estimate of drug-likeness (QED) is 0.569. The minimum absolute atomic E-state index is 0.338. The Kier molecular flexibility index (Phi) is 3.32. The molecule has 1 nitrogen and oxygen atoms in total. The maximum absolute atomic E-state index is 9.00. The molecule has 1 heteroatoms. The summed E-state index contributed by atoms with van der Waals surface area (Å²) in [6, 6.07) is 2.35. The molecule has 0 aromatic rings. The van der Waals surface area contributed by atoms with Gasteiger partial charge >= 0.3 is 0 Å². The van der Waals surface area contributed by atoms with Gasteiger partial charge in [-0.3, -0.25) is 0 Å². The number of nitriles is 1. The van der Waals surface area contributed by atoms with Crippen molar-refractivity contribution in [3.05, 3.63) is 12.7 Å². The van der Waals surface area contributed by atoms with Gasteiger partial charge in [0.1, 0.15) is 0 Å². The Morgan fingerprint density at radius 3 is 1.64 bits per heavy atom. The van der Waals surface area contributed by atoms with Gasteiger partial charge in [0.05, 0.1) is 11.5 Å². The number of hydrogen-bond donors (Lipinski definition) is 0. The van der Waals surface area contributed by atoms with E-state index in [1.807, 2.05) is 0 Å². The van der Waals surface area contributed by atoms with Crippen molar-refractivity contribution in [2.24, 2.45) is 17.3 Å². The first kappa shape index (κ1) is 10.2. The predicted octanol–water partition coefficient (Wildman–Crippen LogP) is 2.99. The average molecular weight is 151 g/mol. The van der Waals surface area contributed by atoms with E-state index >= 15 is 0 Å². The topological polar surface area (TPSA) is 23.8 Å². The van der Waals surface area contributed by atoms with Gasteiger partial charge in [0.2, 0.25) is 0 Å². The van der Waals surface area contributed by atoms with Crippen molar-refractivity contribution in [2.45, 2.75) is 27.7 Å². The van der Waals surface area contributed by atoms with Crippen molar-refractivity contribution in [3.63, 3.8) is 0 Å². The largest absolute Gasteiger partial charge is 0.197 e. The zero-order valence-electron chi connectivity index (χ0n) is 7.89. The summed E-state index contributed by atoms with van der Waals surface area (Å²) in [6.45, 7) is 12.0. The van der Waals surface area contributed by atoms with Crippen molar-refractivity contribution >= 4 is 0 Å². The van der Waals surface area contributed by atoms with Crippen LogP contribution in [0, 0.1) is 28.6 Å². The lowest BCUT2D eigenvalue weighted by atomic mass is 9.70. The van der Waals surface area contributed by atoms with E-state index in [4.69, 9.17) is 5.26 Å². The van der Waals surface area contributed by atoms with Crippen LogP contribution in [0.3, 0.4) is 0 Å². The van der Waals surface area contributed by atoms with Crippen LogP contribution in [0.25, 0.3) is 0 Å². The molecule has 0 aliphatic rings. The molecule has 0 bridgehead atoms. The predicted molar refractivity (Wildman–Crippen MR) is 47.9 cm³/mol. The normalized spacial score (nSPS) is 11.7. The van der Waals surface area contributed by atoms with Gasteiger partial charge < -0.3 is 0 Å². The summed E-state index contributed by atoms with van der Waals surface area (Å²) >= 11 is 0. The van der Waals surface area contributed by atoms with Gasteiger partial charge in [0.15, 0.2) is 0 Å². The van der Waals surface area contributed by atoms with Crippen LogP contribution < -0.4 is 0 Å². The van der Waals surface area contributed by atoms with E-state index in [9.17, 15) is 0 Å². The Labute approximate surface area is 69.7 Å². The standard InChI is InChI=1S/C10H17N/c1-6-10(7-11,8(2)3)9(4)5/h6,8-9H,1H2,2-5H3. The molecule has 0 aliphatic heterocycles. The Bertz CT molecular complexity index is 164. The van der Waals surface area contributed by atoms with E-state index < -0.39 is 0 Å². The van der Waals surface area contributed by atoms with Crippen LogP contribution in [-0.2, 0) is 0 Å². The molecule has 0 radical (unpaired) electrons. The molecule has 11 heavy (non-hydrogen) atoms. The number of rotatable bonds is 3. The molecule has 0 aromatic heterocycles. The number of hydrogen-bond acceptors (Lipinski definition) is 1. The van der Waals surface area contributed by atoms with Crippen molar-refractivity contribution in [3.8, 4) is 6.07 Å². The Hall–Kier alpha value is -0.770. The summed E-state index contributed by atoms with van der Waals surface area (Å²) in [7, 11) is 0. The third kappa shape index (κ3) is 1.63. The van der Waals surface area contributed by atoms with Crippen LogP contribution in [-0.4, -0.2) is 0 Å². The van der Waals surface area contributed by atoms with E-state index in [0.29, 0.717) is 11.8 Å². The Morgan fingerprint density at radius 1 is 1.27 bits per heavy atom. The Morgan fingerprint density at radius 2 is 1.64 bits per heavy atom. The molecule has 0 rings (SSSR count). The van der Waals surface area contributed by atoms with Crippen molar-refractivity contribution in [1.29, 1.82) is 5.26 Å². The highest BCUT2D eigenvalue weighted by Gasteiger charge is 2.33. The first-order valence-electron chi connectivity index (χ1n) is 4.06. The fraction of sp³-hybridized carbons (Fsp3) is 0.700. The smallest absolute Gasteiger partial charge is 0.0796 e. The van der Waals surface area contributed by atoms with Crippen molar-refractivity contribution in [2.75, 3.05) is 0 Å². The van der Waals surface area contributed by atoms with Crippen LogP contribution in [0.2, 0.25) is 0 Å². The number of nitrogens with zero attached hydrogens (tertiary/aromatic N) is 1. The molecular formula is C10H17N. The van der Waals surface area contributed by atoms with Crippen LogP contribution in [0.5, 0.6) is 0 Å². The summed E-state index contributed by atoms with van der Waals surface area (Å²) in [4.78, 5) is 0. The van der Waals surface area contributed by atoms with Gasteiger partial charge in [0, 0.05) is 0 Å². The molecular weight excluding hydrogens is 134 g/mol. The first-order chi connectivity index (χ1) is 5.01. The minimum Gasteiger partial charge on any atom is -0.197 e. The molecule has 0 unspecified atom stereocenters. The molecule has 0 fully saturated rings. The maximum atomic E-state index is 9.00. The third-order valence-electron chi connectivity index (χ3n) is 2.44. The van der Waals surface area contributed by atoms with Crippen LogP contribution in [0.15, 0.2) is 12.7 Å². The van der Waals surface area contributed by atoms with E-state index in [2.05, 4.69) is 40.3 Å². The summed E-state index contributed by atoms with van der Waals surface area (Å²) < 4.78 is 0. The molecule has 0 amide bonds. The summed E-state index contributed by atoms with van der Waals surface area (Å²) in [5.74, 6) is 0.676. The summed E-state index contributed by atoms with van der Waals surface area (Å²) in [6.07, 6.45) is 1.78. The van der Waals surface area contributed by atoms with Gasteiger partial charge in [-0.15, -0.1) is 6.58 Å². The molecule has 0 saturated carbocycles. The van der Waals surface area contributed by atoms with Crippen LogP contribution in [0.4, 0.5) is 0 Å². The third-order valence-corrected chi connectivity index (χ3v) is 2.44. The Balaban J connectivity index is 4.80. The van der Waals surface area contributed by atoms with E-state index in [1.54, 1.807) is 6.08 Å². The molecule has 62 valence electrons. The fourth-order valence-electron chi connectivity index (χ4n) is 1.44. The zero-order valence-corrected chi connectivity index (χ0v) is 7.89. The fourth-order valence-corrected chi connectivity index (χ4v) is 1.44. The lowest BCUT2D eigenvalue weighted by molar-refractivity contribution is 0.260. The van der Waals surface area contributed by atoms with Gasteiger partial charge in [-0.25, -0.2) is 0 Å². The van der Waals surface area contributed by atoms with Crippen LogP contribution >= 0.6 is 0 Å². The van der Waals surface area contributed by atoms with Crippen LogP contribution in [0.1, 0.15) is 27.7 Å². The minimum atomic E-state index is -0.347. The molecule has 0 N–H and O–H groups in total. The second kappa shape index (κ2) is 3.57. The van der Waals surface area contributed by atoms with Gasteiger partial charge in [0.25, 0.3) is 0 Å². The molecule has 0 spiro atoms. The van der Waals surface area contributed by atoms with Crippen molar-refractivity contribution < 1.29 is 0 Å². The van der Waals surface area contributed by atoms with E-state index in [1.165, 1.54) is 0 Å². The highest BCUT2D eigenvalue weighted by Crippen LogP contribution is 2.35. The molecule has 0 aliphatic carbocycles. The molecule has 0 saturated heterocycles. The van der Waals surface area contributed by atoms with Crippen molar-refractivity contribution in [1.82, 2.24) is 0 Å². The molecule has 0 aromatic carbocycles. The second-order valence-electron chi connectivity index (χ2n) is 3.56. The number of allylic oxidation sites excluding steroid dienone is 1. The molecule has 0 heterocycles. The first-order valence-corrected chi connectivity index (χ1v) is 4.06. The highest BCUT2D eigenvalue weighted by molar-refractivity contribution is 5.13. The zero-order chi connectivity index (χ0) is 9.07. The SMILES string of the molecule is C=CC(C#N)(C(C)C)C(C)C. The van der Waals surface area contributed by atoms with Gasteiger partial charge in [-0.1, -0.05) is 33.8 Å². The second-order valence-corrected chi connectivity index (χ2v) is 3.56. The molecule has 0 atom stereocenters. The lowest BCUT2D eigenvalue weighted by Crippen LogP contribution is -2.28. The highest BCUT2D eigenvalue weighted by atomic mass is 14.4. The average Bonchev–Trinajstić information content (AvgIpc) is 1.90.